The molecule has 0 heterocycles. The van der Waals surface area contributed by atoms with Crippen LogP contribution in [0.5, 0.6) is 0 Å². The Bertz CT molecular complexity index is 213. The Balaban J connectivity index is 1.74. The van der Waals surface area contributed by atoms with Gasteiger partial charge in [-0.2, -0.15) is 0 Å². The van der Waals surface area contributed by atoms with Gasteiger partial charge in [-0.25, -0.2) is 0 Å². The van der Waals surface area contributed by atoms with Crippen LogP contribution in [-0.2, 0) is 0 Å². The van der Waals surface area contributed by atoms with Gasteiger partial charge in [-0.15, -0.1) is 0 Å². The Hall–Kier alpha value is -0.0400. The molecular formula is C12H20O. The summed E-state index contributed by atoms with van der Waals surface area (Å²) < 4.78 is 0. The van der Waals surface area contributed by atoms with Crippen molar-refractivity contribution in [3.63, 3.8) is 0 Å². The highest BCUT2D eigenvalue weighted by molar-refractivity contribution is 5.10. The van der Waals surface area contributed by atoms with Crippen LogP contribution in [-0.4, -0.2) is 11.2 Å². The Kier molecular flexibility index (Phi) is 1.59. The molecule has 1 spiro atoms. The number of hydrogen-bond donors (Lipinski definition) is 1. The van der Waals surface area contributed by atoms with Crippen LogP contribution in [0.15, 0.2) is 0 Å². The smallest absolute Gasteiger partial charge is 0.0543 e. The lowest BCUT2D eigenvalue weighted by Gasteiger charge is -2.62. The van der Waals surface area contributed by atoms with Crippen LogP contribution in [0.1, 0.15) is 45.4 Å². The predicted octanol–water partition coefficient (Wildman–Crippen LogP) is 2.58. The van der Waals surface area contributed by atoms with Crippen molar-refractivity contribution in [1.29, 1.82) is 0 Å². The first-order chi connectivity index (χ1) is 6.23. The number of aliphatic hydroxyl groups is 1. The van der Waals surface area contributed by atoms with Crippen LogP contribution in [0.2, 0.25) is 0 Å². The molecule has 74 valence electrons. The van der Waals surface area contributed by atoms with Gasteiger partial charge in [-0.1, -0.05) is 6.42 Å². The van der Waals surface area contributed by atoms with Gasteiger partial charge in [0.25, 0.3) is 0 Å². The molecule has 0 radical (unpaired) electrons. The summed E-state index contributed by atoms with van der Waals surface area (Å²) >= 11 is 0. The van der Waals surface area contributed by atoms with Crippen molar-refractivity contribution >= 4 is 0 Å². The summed E-state index contributed by atoms with van der Waals surface area (Å²) in [7, 11) is 0. The zero-order chi connectivity index (χ0) is 9.05. The van der Waals surface area contributed by atoms with Crippen LogP contribution in [0, 0.1) is 23.2 Å². The van der Waals surface area contributed by atoms with E-state index in [0.717, 1.165) is 17.3 Å². The second-order valence-corrected chi connectivity index (χ2v) is 5.69. The number of aliphatic hydroxyl groups excluding tert-OH is 1. The Morgan fingerprint density at radius 2 is 2.00 bits per heavy atom. The zero-order valence-electron chi connectivity index (χ0n) is 8.50. The molecule has 0 aromatic heterocycles. The third-order valence-corrected chi connectivity index (χ3v) is 4.91. The second kappa shape index (κ2) is 2.50. The van der Waals surface area contributed by atoms with E-state index in [0.29, 0.717) is 5.92 Å². The van der Waals surface area contributed by atoms with Gasteiger partial charge in [0.2, 0.25) is 0 Å². The average Bonchev–Trinajstić information content (AvgIpc) is 2.64. The quantitative estimate of drug-likeness (QED) is 0.692. The molecule has 3 unspecified atom stereocenters. The highest BCUT2D eigenvalue weighted by atomic mass is 16.3. The lowest BCUT2D eigenvalue weighted by molar-refractivity contribution is -0.153. The fourth-order valence-corrected chi connectivity index (χ4v) is 3.97. The van der Waals surface area contributed by atoms with E-state index in [1.165, 1.54) is 38.5 Å². The third-order valence-electron chi connectivity index (χ3n) is 4.91. The Labute approximate surface area is 80.5 Å². The first-order valence-electron chi connectivity index (χ1n) is 5.91. The highest BCUT2D eigenvalue weighted by Crippen LogP contribution is 2.69. The SMILES string of the molecule is CC(O)C1CC2(CCC2)C1C1CC1. The largest absolute Gasteiger partial charge is 0.393 e. The fourth-order valence-electron chi connectivity index (χ4n) is 3.97. The van der Waals surface area contributed by atoms with Gasteiger partial charge in [0, 0.05) is 0 Å². The van der Waals surface area contributed by atoms with Crippen LogP contribution >= 0.6 is 0 Å². The first kappa shape index (κ1) is 8.28. The van der Waals surface area contributed by atoms with Crippen LogP contribution in [0.3, 0.4) is 0 Å². The minimum atomic E-state index is -0.0446. The van der Waals surface area contributed by atoms with Crippen LogP contribution in [0.25, 0.3) is 0 Å². The van der Waals surface area contributed by atoms with Gasteiger partial charge in [-0.05, 0) is 62.2 Å². The second-order valence-electron chi connectivity index (χ2n) is 5.69. The van der Waals surface area contributed by atoms with Gasteiger partial charge in [0.15, 0.2) is 0 Å². The summed E-state index contributed by atoms with van der Waals surface area (Å²) in [6.45, 7) is 1.99. The summed E-state index contributed by atoms with van der Waals surface area (Å²) in [5.41, 5.74) is 0.739. The molecule has 0 amide bonds. The third kappa shape index (κ3) is 1.03. The van der Waals surface area contributed by atoms with Gasteiger partial charge in [0.1, 0.15) is 0 Å². The molecule has 3 saturated carbocycles. The molecule has 1 N–H and O–H groups in total. The molecule has 13 heavy (non-hydrogen) atoms. The number of hydrogen-bond acceptors (Lipinski definition) is 1. The van der Waals surface area contributed by atoms with Gasteiger partial charge in [0.05, 0.1) is 6.10 Å². The van der Waals surface area contributed by atoms with E-state index in [1.54, 1.807) is 0 Å². The van der Waals surface area contributed by atoms with Crippen molar-refractivity contribution in [1.82, 2.24) is 0 Å². The molecule has 0 aromatic rings. The molecule has 3 atom stereocenters. The van der Waals surface area contributed by atoms with Crippen molar-refractivity contribution in [2.24, 2.45) is 23.2 Å². The predicted molar refractivity (Wildman–Crippen MR) is 52.3 cm³/mol. The standard InChI is InChI=1S/C12H20O/c1-8(13)10-7-12(5-2-6-12)11(10)9-3-4-9/h8-11,13H,2-7H2,1H3. The van der Waals surface area contributed by atoms with Gasteiger partial charge < -0.3 is 5.11 Å². The van der Waals surface area contributed by atoms with E-state index >= 15 is 0 Å². The van der Waals surface area contributed by atoms with E-state index in [1.807, 2.05) is 6.92 Å². The van der Waals surface area contributed by atoms with Crippen LogP contribution in [0.4, 0.5) is 0 Å². The lowest BCUT2D eigenvalue weighted by atomic mass is 9.43. The maximum atomic E-state index is 9.67. The molecule has 0 bridgehead atoms. The van der Waals surface area contributed by atoms with E-state index in [9.17, 15) is 5.11 Å². The summed E-state index contributed by atoms with van der Waals surface area (Å²) in [6.07, 6.45) is 8.60. The van der Waals surface area contributed by atoms with E-state index < -0.39 is 0 Å². The van der Waals surface area contributed by atoms with E-state index in [2.05, 4.69) is 0 Å². The Morgan fingerprint density at radius 1 is 1.31 bits per heavy atom. The monoisotopic (exact) mass is 180 g/mol. The molecule has 3 fully saturated rings. The lowest BCUT2D eigenvalue weighted by Crippen LogP contribution is -2.56. The minimum Gasteiger partial charge on any atom is -0.393 e. The zero-order valence-corrected chi connectivity index (χ0v) is 8.50. The summed E-state index contributed by atoms with van der Waals surface area (Å²) in [6, 6.07) is 0. The highest BCUT2D eigenvalue weighted by Gasteiger charge is 2.61. The minimum absolute atomic E-state index is 0.0446. The van der Waals surface area contributed by atoms with Gasteiger partial charge in [-0.3, -0.25) is 0 Å². The molecule has 3 aliphatic carbocycles. The molecule has 0 aromatic carbocycles. The molecule has 0 aliphatic heterocycles. The van der Waals surface area contributed by atoms with E-state index in [-0.39, 0.29) is 6.10 Å². The first-order valence-corrected chi connectivity index (χ1v) is 5.91. The normalized spacial score (nSPS) is 43.8. The maximum Gasteiger partial charge on any atom is 0.0543 e. The topological polar surface area (TPSA) is 20.2 Å². The van der Waals surface area contributed by atoms with Crippen molar-refractivity contribution in [3.05, 3.63) is 0 Å². The van der Waals surface area contributed by atoms with Gasteiger partial charge >= 0.3 is 0 Å². The molecule has 3 rings (SSSR count). The Morgan fingerprint density at radius 3 is 2.38 bits per heavy atom. The van der Waals surface area contributed by atoms with E-state index in [4.69, 9.17) is 0 Å². The average molecular weight is 180 g/mol. The molecular weight excluding hydrogens is 160 g/mol. The van der Waals surface area contributed by atoms with Crippen molar-refractivity contribution in [3.8, 4) is 0 Å². The summed E-state index contributed by atoms with van der Waals surface area (Å²) in [4.78, 5) is 0. The molecule has 3 aliphatic rings. The molecule has 0 saturated heterocycles. The maximum absolute atomic E-state index is 9.67. The van der Waals surface area contributed by atoms with Crippen molar-refractivity contribution in [2.75, 3.05) is 0 Å². The number of rotatable bonds is 2. The summed E-state index contributed by atoms with van der Waals surface area (Å²) in [5.74, 6) is 2.59. The van der Waals surface area contributed by atoms with Crippen LogP contribution < -0.4 is 0 Å². The van der Waals surface area contributed by atoms with Crippen molar-refractivity contribution in [2.45, 2.75) is 51.6 Å². The summed E-state index contributed by atoms with van der Waals surface area (Å²) in [5, 5.41) is 9.67. The molecule has 1 heteroatoms. The van der Waals surface area contributed by atoms with Crippen molar-refractivity contribution < 1.29 is 5.11 Å². The molecule has 1 nitrogen and oxygen atoms in total. The fraction of sp³-hybridized carbons (Fsp3) is 1.00.